The first-order chi connectivity index (χ1) is 6.12. The molecule has 0 atom stereocenters. The Morgan fingerprint density at radius 3 is 2.46 bits per heavy atom. The molecule has 0 aromatic rings. The highest BCUT2D eigenvalue weighted by atomic mass is 32.2. The molecule has 0 aliphatic rings. The molecule has 0 unspecified atom stereocenters. The van der Waals surface area contributed by atoms with E-state index < -0.39 is 10.0 Å². The van der Waals surface area contributed by atoms with Crippen molar-refractivity contribution < 1.29 is 13.2 Å². The summed E-state index contributed by atoms with van der Waals surface area (Å²) < 4.78 is 29.5. The normalized spacial score (nSPS) is 11.8. The highest BCUT2D eigenvalue weighted by molar-refractivity contribution is 7.89. The predicted molar refractivity (Wildman–Crippen MR) is 53.2 cm³/mol. The minimum Gasteiger partial charge on any atom is -0.380 e. The summed E-state index contributed by atoms with van der Waals surface area (Å²) in [5, 5.41) is 0. The Hall–Kier alpha value is -0.130. The lowest BCUT2D eigenvalue weighted by molar-refractivity contribution is 0.136. The third-order valence-electron chi connectivity index (χ3n) is 1.59. The number of hydrogen-bond acceptors (Lipinski definition) is 3. The average molecular weight is 209 g/mol. The van der Waals surface area contributed by atoms with Crippen LogP contribution in [0.1, 0.15) is 26.7 Å². The summed E-state index contributed by atoms with van der Waals surface area (Å²) in [6.45, 7) is 5.24. The number of sulfonamides is 1. The largest absolute Gasteiger partial charge is 0.380 e. The molecule has 0 heterocycles. The van der Waals surface area contributed by atoms with E-state index >= 15 is 0 Å². The summed E-state index contributed by atoms with van der Waals surface area (Å²) in [6, 6.07) is 0. The minimum atomic E-state index is -3.04. The van der Waals surface area contributed by atoms with Gasteiger partial charge in [-0.15, -0.1) is 0 Å². The third kappa shape index (κ3) is 8.21. The van der Waals surface area contributed by atoms with Crippen LogP contribution >= 0.6 is 0 Å². The van der Waals surface area contributed by atoms with Gasteiger partial charge in [0.1, 0.15) is 0 Å². The van der Waals surface area contributed by atoms with Gasteiger partial charge in [-0.25, -0.2) is 13.1 Å². The first kappa shape index (κ1) is 12.9. The molecule has 0 saturated carbocycles. The molecule has 0 rings (SSSR count). The van der Waals surface area contributed by atoms with Crippen molar-refractivity contribution in [1.29, 1.82) is 0 Å². The van der Waals surface area contributed by atoms with Crippen LogP contribution in [0, 0.1) is 0 Å². The van der Waals surface area contributed by atoms with Gasteiger partial charge in [0.05, 0.1) is 12.4 Å². The van der Waals surface area contributed by atoms with Gasteiger partial charge in [-0.1, -0.05) is 13.3 Å². The topological polar surface area (TPSA) is 55.4 Å². The van der Waals surface area contributed by atoms with Crippen LogP contribution in [0.2, 0.25) is 0 Å². The lowest BCUT2D eigenvalue weighted by Crippen LogP contribution is -2.28. The summed E-state index contributed by atoms with van der Waals surface area (Å²) in [5.74, 6) is 0.127. The van der Waals surface area contributed by atoms with Crippen LogP contribution in [0.5, 0.6) is 0 Å². The Labute approximate surface area is 80.7 Å². The molecule has 5 heteroatoms. The third-order valence-corrected chi connectivity index (χ3v) is 2.99. The van der Waals surface area contributed by atoms with E-state index in [1.807, 2.05) is 0 Å². The second-order valence-corrected chi connectivity index (χ2v) is 4.86. The van der Waals surface area contributed by atoms with Gasteiger partial charge in [0, 0.05) is 13.2 Å². The lowest BCUT2D eigenvalue weighted by Gasteiger charge is -2.04. The molecule has 0 spiro atoms. The van der Waals surface area contributed by atoms with E-state index in [9.17, 15) is 8.42 Å². The maximum atomic E-state index is 10.9. The van der Waals surface area contributed by atoms with Crippen LogP contribution in [0.15, 0.2) is 0 Å². The molecule has 0 aromatic heterocycles. The Morgan fingerprint density at radius 2 is 1.92 bits per heavy atom. The zero-order valence-corrected chi connectivity index (χ0v) is 9.19. The van der Waals surface area contributed by atoms with Crippen molar-refractivity contribution in [3.8, 4) is 0 Å². The van der Waals surface area contributed by atoms with Gasteiger partial charge >= 0.3 is 0 Å². The minimum absolute atomic E-state index is 0.127. The molecule has 80 valence electrons. The molecule has 0 aliphatic carbocycles. The highest BCUT2D eigenvalue weighted by Gasteiger charge is 2.03. The van der Waals surface area contributed by atoms with Gasteiger partial charge in [-0.2, -0.15) is 0 Å². The van der Waals surface area contributed by atoms with Crippen LogP contribution in [0.3, 0.4) is 0 Å². The molecule has 0 saturated heterocycles. The van der Waals surface area contributed by atoms with E-state index in [4.69, 9.17) is 4.74 Å². The monoisotopic (exact) mass is 209 g/mol. The van der Waals surface area contributed by atoms with Gasteiger partial charge in [0.2, 0.25) is 10.0 Å². The fourth-order valence-electron chi connectivity index (χ4n) is 0.720. The fourth-order valence-corrected chi connectivity index (χ4v) is 1.32. The van der Waals surface area contributed by atoms with Gasteiger partial charge < -0.3 is 4.74 Å². The molecule has 0 aromatic carbocycles. The highest BCUT2D eigenvalue weighted by Crippen LogP contribution is 1.87. The first-order valence-electron chi connectivity index (χ1n) is 4.67. The quantitative estimate of drug-likeness (QED) is 0.600. The van der Waals surface area contributed by atoms with E-state index in [1.165, 1.54) is 0 Å². The fraction of sp³-hybridized carbons (Fsp3) is 1.00. The number of nitrogens with one attached hydrogen (secondary N) is 1. The zero-order chi connectivity index (χ0) is 10.2. The van der Waals surface area contributed by atoms with E-state index in [1.54, 1.807) is 6.92 Å². The molecule has 13 heavy (non-hydrogen) atoms. The summed E-state index contributed by atoms with van der Waals surface area (Å²) in [7, 11) is -3.04. The number of hydrogen-bond donors (Lipinski definition) is 1. The van der Waals surface area contributed by atoms with Crippen LogP contribution in [0.25, 0.3) is 0 Å². The van der Waals surface area contributed by atoms with Crippen molar-refractivity contribution >= 4 is 10.0 Å². The molecule has 0 amide bonds. The van der Waals surface area contributed by atoms with Gasteiger partial charge in [0.15, 0.2) is 0 Å². The Morgan fingerprint density at radius 1 is 1.23 bits per heavy atom. The van der Waals surface area contributed by atoms with Crippen molar-refractivity contribution in [1.82, 2.24) is 4.72 Å². The maximum absolute atomic E-state index is 10.9. The van der Waals surface area contributed by atoms with Crippen LogP contribution in [-0.4, -0.2) is 33.9 Å². The van der Waals surface area contributed by atoms with E-state index in [2.05, 4.69) is 11.6 Å². The van der Waals surface area contributed by atoms with Crippen LogP contribution < -0.4 is 4.72 Å². The second kappa shape index (κ2) is 7.29. The van der Waals surface area contributed by atoms with Crippen LogP contribution in [0.4, 0.5) is 0 Å². The smallest absolute Gasteiger partial charge is 0.211 e. The second-order valence-electron chi connectivity index (χ2n) is 2.76. The molecule has 0 fully saturated rings. The van der Waals surface area contributed by atoms with Crippen LogP contribution in [-0.2, 0) is 14.8 Å². The molecule has 0 radical (unpaired) electrons. The zero-order valence-electron chi connectivity index (χ0n) is 8.38. The lowest BCUT2D eigenvalue weighted by atomic mass is 10.4. The molecular weight excluding hydrogens is 190 g/mol. The summed E-state index contributed by atoms with van der Waals surface area (Å²) in [6.07, 6.45) is 2.13. The van der Waals surface area contributed by atoms with E-state index in [0.29, 0.717) is 19.8 Å². The molecule has 0 aliphatic heterocycles. The number of ether oxygens (including phenoxy) is 1. The van der Waals surface area contributed by atoms with Crippen molar-refractivity contribution in [2.45, 2.75) is 26.7 Å². The Balaban J connectivity index is 3.26. The summed E-state index contributed by atoms with van der Waals surface area (Å²) in [5.41, 5.74) is 0. The first-order valence-corrected chi connectivity index (χ1v) is 6.32. The van der Waals surface area contributed by atoms with E-state index in [0.717, 1.165) is 12.8 Å². The van der Waals surface area contributed by atoms with Gasteiger partial charge in [0.25, 0.3) is 0 Å². The van der Waals surface area contributed by atoms with Crippen molar-refractivity contribution in [2.24, 2.45) is 0 Å². The predicted octanol–water partition coefficient (Wildman–Crippen LogP) is 0.742. The summed E-state index contributed by atoms with van der Waals surface area (Å²) >= 11 is 0. The number of rotatable bonds is 8. The Bertz CT molecular complexity index is 201. The maximum Gasteiger partial charge on any atom is 0.211 e. The molecule has 1 N–H and O–H groups in total. The Kier molecular flexibility index (Phi) is 7.22. The number of unbranched alkanes of at least 4 members (excludes halogenated alkanes) is 1. The molecule has 4 nitrogen and oxygen atoms in total. The van der Waals surface area contributed by atoms with E-state index in [-0.39, 0.29) is 5.75 Å². The standard InChI is InChI=1S/C8H19NO3S/c1-3-5-7-12-8-6-9-13(10,11)4-2/h9H,3-8H2,1-2H3. The van der Waals surface area contributed by atoms with Gasteiger partial charge in [-0.05, 0) is 13.3 Å². The average Bonchev–Trinajstić information content (AvgIpc) is 2.11. The molecule has 0 bridgehead atoms. The van der Waals surface area contributed by atoms with Crippen molar-refractivity contribution in [3.63, 3.8) is 0 Å². The van der Waals surface area contributed by atoms with Crippen molar-refractivity contribution in [3.05, 3.63) is 0 Å². The van der Waals surface area contributed by atoms with Crippen molar-refractivity contribution in [2.75, 3.05) is 25.5 Å². The summed E-state index contributed by atoms with van der Waals surface area (Å²) in [4.78, 5) is 0. The SMILES string of the molecule is CCCCOCCNS(=O)(=O)CC. The van der Waals surface area contributed by atoms with Gasteiger partial charge in [-0.3, -0.25) is 0 Å². The molecular formula is C8H19NO3S.